The maximum atomic E-state index is 2.51. The van der Waals surface area contributed by atoms with Gasteiger partial charge in [0.15, 0.2) is 0 Å². The molecule has 0 saturated heterocycles. The van der Waals surface area contributed by atoms with E-state index in [0.717, 1.165) is 22.7 Å². The first-order chi connectivity index (χ1) is 32.2. The van der Waals surface area contributed by atoms with Crippen LogP contribution in [0, 0.1) is 0 Å². The summed E-state index contributed by atoms with van der Waals surface area (Å²) in [5, 5.41) is 10.4. The Hall–Kier alpha value is -6.99. The predicted molar refractivity (Wildman–Crippen MR) is 297 cm³/mol. The summed E-state index contributed by atoms with van der Waals surface area (Å²) in [7, 11) is -2.95. The molecule has 11 rings (SSSR count). The molecule has 0 aliphatic heterocycles. The van der Waals surface area contributed by atoms with Crippen molar-refractivity contribution in [1.29, 1.82) is 0 Å². The Balaban J connectivity index is 1.00. The van der Waals surface area contributed by atoms with Gasteiger partial charge in [-0.1, -0.05) is 197 Å². The number of benzene rings is 10. The summed E-state index contributed by atoms with van der Waals surface area (Å²) in [5.74, 6) is 0. The zero-order valence-corrected chi connectivity index (χ0v) is 42.0. The molecule has 4 heteroatoms. The Bertz CT molecular complexity index is 3500. The van der Waals surface area contributed by atoms with E-state index in [2.05, 4.69) is 269 Å². The minimum Gasteiger partial charge on any atom is -0.310 e. The van der Waals surface area contributed by atoms with Crippen LogP contribution in [0.4, 0.5) is 34.1 Å². The lowest BCUT2D eigenvalue weighted by molar-refractivity contribution is 0.661. The van der Waals surface area contributed by atoms with Crippen molar-refractivity contribution in [2.75, 3.05) is 9.80 Å². The molecule has 0 saturated carbocycles. The third-order valence-electron chi connectivity index (χ3n) is 14.3. The lowest BCUT2D eigenvalue weighted by atomic mass is 9.81. The van der Waals surface area contributed by atoms with Crippen LogP contribution in [-0.4, -0.2) is 16.1 Å². The SMILES string of the molecule is CC1(C)c2cc(-c3ccc(N(c4ccc([Si](C)(C)C)cc4)c4ccc5ccccc5c4)cc3)ccc2-c2c1cc(N(c1ccc([Si](C)(C)C)cc1)c1ccc3ccccc3c1)c1ccccc21. The monoisotopic (exact) mass is 898 g/mol. The summed E-state index contributed by atoms with van der Waals surface area (Å²) in [6.07, 6.45) is 0. The molecule has 0 spiro atoms. The molecule has 0 atom stereocenters. The summed E-state index contributed by atoms with van der Waals surface area (Å²) in [4.78, 5) is 4.90. The molecule has 0 aromatic heterocycles. The predicted octanol–water partition coefficient (Wildman–Crippen LogP) is 17.1. The molecule has 0 radical (unpaired) electrons. The zero-order valence-electron chi connectivity index (χ0n) is 40.0. The molecule has 67 heavy (non-hydrogen) atoms. The van der Waals surface area contributed by atoms with Crippen molar-refractivity contribution in [3.8, 4) is 22.3 Å². The molecule has 0 fully saturated rings. The van der Waals surface area contributed by atoms with E-state index in [1.165, 1.54) is 87.4 Å². The van der Waals surface area contributed by atoms with Crippen molar-refractivity contribution < 1.29 is 0 Å². The average Bonchev–Trinajstić information content (AvgIpc) is 3.56. The number of hydrogen-bond acceptors (Lipinski definition) is 2. The first-order valence-corrected chi connectivity index (χ1v) is 30.8. The molecule has 0 heterocycles. The minimum absolute atomic E-state index is 0.245. The maximum Gasteiger partial charge on any atom is 0.0775 e. The highest BCUT2D eigenvalue weighted by molar-refractivity contribution is 6.89. The molecule has 1 aliphatic carbocycles. The number of rotatable bonds is 9. The van der Waals surface area contributed by atoms with E-state index in [-0.39, 0.29) is 5.41 Å². The summed E-state index contributed by atoms with van der Waals surface area (Å²) in [6, 6.07) is 77.7. The van der Waals surface area contributed by atoms with Crippen LogP contribution in [0.2, 0.25) is 39.3 Å². The van der Waals surface area contributed by atoms with Crippen LogP contribution in [0.1, 0.15) is 25.0 Å². The molecule has 328 valence electrons. The minimum atomic E-state index is -1.50. The third-order valence-corrected chi connectivity index (χ3v) is 18.5. The molecule has 1 aliphatic rings. The fourth-order valence-corrected chi connectivity index (χ4v) is 12.8. The average molecular weight is 899 g/mol. The Morgan fingerprint density at radius 2 is 0.776 bits per heavy atom. The van der Waals surface area contributed by atoms with Gasteiger partial charge < -0.3 is 9.80 Å². The number of nitrogens with zero attached hydrogens (tertiary/aromatic N) is 2. The highest BCUT2D eigenvalue weighted by Gasteiger charge is 2.38. The fourth-order valence-electron chi connectivity index (χ4n) is 10.5. The summed E-state index contributed by atoms with van der Waals surface area (Å²) >= 11 is 0. The van der Waals surface area contributed by atoms with Gasteiger partial charge in [0, 0.05) is 39.2 Å². The molecule has 0 N–H and O–H groups in total. The molecule has 0 amide bonds. The van der Waals surface area contributed by atoms with Gasteiger partial charge in [-0.3, -0.25) is 0 Å². The Morgan fingerprint density at radius 1 is 0.343 bits per heavy atom. The van der Waals surface area contributed by atoms with Gasteiger partial charge in [-0.05, 0) is 133 Å². The van der Waals surface area contributed by atoms with Crippen LogP contribution in [0.25, 0.3) is 54.6 Å². The topological polar surface area (TPSA) is 6.48 Å². The van der Waals surface area contributed by atoms with E-state index < -0.39 is 16.1 Å². The van der Waals surface area contributed by atoms with Crippen LogP contribution in [0.3, 0.4) is 0 Å². The Labute approximate surface area is 398 Å². The fraction of sp³-hybridized carbons (Fsp3) is 0.143. The molecule has 2 nitrogen and oxygen atoms in total. The standard InChI is InChI=1S/C63H58N2Si2/c1-63(2)59-41-48(45-21-26-49(27-22-45)64(50-30-34-54(35-31-50)66(3,4)5)52-28-23-43-15-9-11-17-46(43)39-52)25-38-58(59)62-57-20-14-13-19-56(57)61(42-60(62)63)65(51-32-36-55(37-33-51)67(6,7)8)53-29-24-44-16-10-12-18-47(44)40-53/h9-42H,1-8H3. The summed E-state index contributed by atoms with van der Waals surface area (Å²) in [6.45, 7) is 19.3. The van der Waals surface area contributed by atoms with Crippen molar-refractivity contribution in [1.82, 2.24) is 0 Å². The molecule has 10 aromatic carbocycles. The second-order valence-electron chi connectivity index (χ2n) is 21.1. The Kier molecular flexibility index (Phi) is 10.3. The second-order valence-corrected chi connectivity index (χ2v) is 31.3. The number of anilines is 6. The van der Waals surface area contributed by atoms with Crippen molar-refractivity contribution in [3.05, 3.63) is 217 Å². The van der Waals surface area contributed by atoms with Gasteiger partial charge in [0.2, 0.25) is 0 Å². The second kappa shape index (κ2) is 16.1. The van der Waals surface area contributed by atoms with Crippen LogP contribution in [0.15, 0.2) is 206 Å². The van der Waals surface area contributed by atoms with Crippen LogP contribution >= 0.6 is 0 Å². The van der Waals surface area contributed by atoms with Crippen molar-refractivity contribution in [3.63, 3.8) is 0 Å². The van der Waals surface area contributed by atoms with Gasteiger partial charge in [0.05, 0.1) is 21.8 Å². The molecule has 0 unspecified atom stereocenters. The molecule has 0 bridgehead atoms. The van der Waals surface area contributed by atoms with Crippen molar-refractivity contribution in [2.45, 2.75) is 58.5 Å². The molecule has 10 aromatic rings. The van der Waals surface area contributed by atoms with Crippen LogP contribution < -0.4 is 20.2 Å². The number of hydrogen-bond donors (Lipinski definition) is 0. The Morgan fingerprint density at radius 3 is 1.31 bits per heavy atom. The number of fused-ring (bicyclic) bond motifs is 7. The van der Waals surface area contributed by atoms with Crippen molar-refractivity contribution in [2.24, 2.45) is 0 Å². The van der Waals surface area contributed by atoms with Gasteiger partial charge >= 0.3 is 0 Å². The van der Waals surface area contributed by atoms with E-state index >= 15 is 0 Å². The summed E-state index contributed by atoms with van der Waals surface area (Å²) in [5.41, 5.74) is 14.6. The lowest BCUT2D eigenvalue weighted by Crippen LogP contribution is -2.37. The molecular weight excluding hydrogens is 841 g/mol. The molecular formula is C63H58N2Si2. The van der Waals surface area contributed by atoms with E-state index in [4.69, 9.17) is 0 Å². The first kappa shape index (κ1) is 42.6. The van der Waals surface area contributed by atoms with Gasteiger partial charge in [-0.15, -0.1) is 0 Å². The van der Waals surface area contributed by atoms with Crippen LogP contribution in [-0.2, 0) is 5.41 Å². The van der Waals surface area contributed by atoms with E-state index in [1.807, 2.05) is 0 Å². The summed E-state index contributed by atoms with van der Waals surface area (Å²) < 4.78 is 0. The normalized spacial score (nSPS) is 13.2. The van der Waals surface area contributed by atoms with Gasteiger partial charge in [0.25, 0.3) is 0 Å². The van der Waals surface area contributed by atoms with Crippen molar-refractivity contribution >= 4 is 93.0 Å². The zero-order chi connectivity index (χ0) is 46.2. The highest BCUT2D eigenvalue weighted by Crippen LogP contribution is 2.55. The first-order valence-electron chi connectivity index (χ1n) is 23.8. The third kappa shape index (κ3) is 7.59. The van der Waals surface area contributed by atoms with Crippen LogP contribution in [0.5, 0.6) is 0 Å². The van der Waals surface area contributed by atoms with Gasteiger partial charge in [-0.2, -0.15) is 0 Å². The van der Waals surface area contributed by atoms with E-state index in [1.54, 1.807) is 0 Å². The maximum absolute atomic E-state index is 2.51. The van der Waals surface area contributed by atoms with Gasteiger partial charge in [-0.25, -0.2) is 0 Å². The van der Waals surface area contributed by atoms with Gasteiger partial charge in [0.1, 0.15) is 0 Å². The smallest absolute Gasteiger partial charge is 0.0775 e. The lowest BCUT2D eigenvalue weighted by Gasteiger charge is -2.30. The van der Waals surface area contributed by atoms with E-state index in [0.29, 0.717) is 0 Å². The highest BCUT2D eigenvalue weighted by atomic mass is 28.3. The quantitative estimate of drug-likeness (QED) is 0.133. The largest absolute Gasteiger partial charge is 0.310 e. The van der Waals surface area contributed by atoms with E-state index in [9.17, 15) is 0 Å².